The molecule has 2 rings (SSSR count). The van der Waals surface area contributed by atoms with Crippen LogP contribution in [0.5, 0.6) is 5.75 Å². The van der Waals surface area contributed by atoms with E-state index in [1.807, 2.05) is 58.0 Å². The van der Waals surface area contributed by atoms with Gasteiger partial charge in [-0.15, -0.1) is 0 Å². The molecule has 0 radical (unpaired) electrons. The van der Waals surface area contributed by atoms with Crippen molar-refractivity contribution in [2.24, 2.45) is 17.6 Å². The van der Waals surface area contributed by atoms with Crippen molar-refractivity contribution < 1.29 is 23.9 Å². The molecule has 0 spiro atoms. The number of benzene rings is 2. The molecule has 0 bridgehead atoms. The Labute approximate surface area is 231 Å². The van der Waals surface area contributed by atoms with Gasteiger partial charge in [-0.1, -0.05) is 58.0 Å². The fraction of sp³-hybridized carbons (Fsp3) is 0.467. The van der Waals surface area contributed by atoms with E-state index in [-0.39, 0.29) is 17.7 Å². The van der Waals surface area contributed by atoms with E-state index in [2.05, 4.69) is 10.6 Å². The maximum atomic E-state index is 13.7. The standard InChI is InChI=1S/C30H42N4O5/c1-19(2)16-24(28(31)36)32-30(38)26(27(20(3)4)39-23-14-12-22(18-35)13-15-23)33-29(37)25(34(5)6)17-21-10-8-7-9-11-21/h7-15,18-20,24-27H,16-17H2,1-6H3,(H2,31,36)(H,32,38)(H,33,37)/t24-,25?,26-,27-/m0/s1. The topological polar surface area (TPSA) is 131 Å². The Morgan fingerprint density at radius 2 is 1.54 bits per heavy atom. The molecule has 0 saturated carbocycles. The summed E-state index contributed by atoms with van der Waals surface area (Å²) in [6.45, 7) is 7.61. The number of nitrogens with one attached hydrogen (secondary N) is 2. The Balaban J connectivity index is 2.41. The number of aldehydes is 1. The van der Waals surface area contributed by atoms with Gasteiger partial charge in [0.2, 0.25) is 17.7 Å². The molecule has 3 amide bonds. The summed E-state index contributed by atoms with van der Waals surface area (Å²) >= 11 is 0. The van der Waals surface area contributed by atoms with Crippen molar-refractivity contribution >= 4 is 24.0 Å². The Kier molecular flexibility index (Phi) is 12.1. The molecule has 0 heterocycles. The van der Waals surface area contributed by atoms with Crippen molar-refractivity contribution in [3.8, 4) is 5.75 Å². The zero-order valence-corrected chi connectivity index (χ0v) is 23.7. The number of amides is 3. The third-order valence-electron chi connectivity index (χ3n) is 6.42. The maximum Gasteiger partial charge on any atom is 0.247 e. The number of carbonyl (C=O) groups excluding carboxylic acids is 4. The van der Waals surface area contributed by atoms with Gasteiger partial charge in [0.1, 0.15) is 30.2 Å². The first-order chi connectivity index (χ1) is 18.4. The number of likely N-dealkylation sites (N-methyl/N-ethyl adjacent to an activating group) is 1. The van der Waals surface area contributed by atoms with Gasteiger partial charge in [0.25, 0.3) is 0 Å². The Hall–Kier alpha value is -3.72. The normalized spacial score (nSPS) is 14.4. The minimum atomic E-state index is -1.13. The summed E-state index contributed by atoms with van der Waals surface area (Å²) in [5.74, 6) is -1.23. The van der Waals surface area contributed by atoms with Gasteiger partial charge in [-0.05, 0) is 68.6 Å². The third kappa shape index (κ3) is 9.83. The molecule has 0 aliphatic carbocycles. The largest absolute Gasteiger partial charge is 0.487 e. The van der Waals surface area contributed by atoms with Gasteiger partial charge in [-0.3, -0.25) is 24.1 Å². The van der Waals surface area contributed by atoms with Gasteiger partial charge < -0.3 is 21.1 Å². The second kappa shape index (κ2) is 15.0. The van der Waals surface area contributed by atoms with Gasteiger partial charge in [0, 0.05) is 5.56 Å². The van der Waals surface area contributed by atoms with E-state index < -0.39 is 36.0 Å². The van der Waals surface area contributed by atoms with Crippen molar-refractivity contribution in [1.29, 1.82) is 0 Å². The SMILES string of the molecule is CC(C)C[C@H](NC(=O)[C@@H](NC(=O)C(Cc1ccccc1)N(C)C)[C@@H](Oc1ccc(C=O)cc1)C(C)C)C(N)=O. The Bertz CT molecular complexity index is 1090. The molecule has 2 aromatic carbocycles. The zero-order valence-electron chi connectivity index (χ0n) is 23.7. The van der Waals surface area contributed by atoms with Crippen molar-refractivity contribution in [2.45, 2.75) is 64.8 Å². The molecule has 0 aliphatic rings. The van der Waals surface area contributed by atoms with Gasteiger partial charge in [-0.2, -0.15) is 0 Å². The third-order valence-corrected chi connectivity index (χ3v) is 6.42. The first-order valence-electron chi connectivity index (χ1n) is 13.2. The van der Waals surface area contributed by atoms with Crippen molar-refractivity contribution in [3.63, 3.8) is 0 Å². The van der Waals surface area contributed by atoms with Gasteiger partial charge in [0.05, 0.1) is 6.04 Å². The highest BCUT2D eigenvalue weighted by Gasteiger charge is 2.37. The van der Waals surface area contributed by atoms with E-state index in [1.54, 1.807) is 43.3 Å². The minimum Gasteiger partial charge on any atom is -0.487 e. The van der Waals surface area contributed by atoms with Gasteiger partial charge >= 0.3 is 0 Å². The number of rotatable bonds is 15. The second-order valence-electron chi connectivity index (χ2n) is 10.8. The van der Waals surface area contributed by atoms with E-state index in [9.17, 15) is 19.2 Å². The Morgan fingerprint density at radius 3 is 2.03 bits per heavy atom. The quantitative estimate of drug-likeness (QED) is 0.299. The number of hydrogen-bond acceptors (Lipinski definition) is 6. The van der Waals surface area contributed by atoms with Crippen LogP contribution in [0.3, 0.4) is 0 Å². The number of hydrogen-bond donors (Lipinski definition) is 3. The van der Waals surface area contributed by atoms with E-state index in [1.165, 1.54) is 0 Å². The van der Waals surface area contributed by atoms with Crippen LogP contribution in [-0.4, -0.2) is 67.2 Å². The molecule has 4 N–H and O–H groups in total. The van der Waals surface area contributed by atoms with Crippen LogP contribution in [0.25, 0.3) is 0 Å². The zero-order chi connectivity index (χ0) is 29.1. The first-order valence-corrected chi connectivity index (χ1v) is 13.2. The average Bonchev–Trinajstić information content (AvgIpc) is 2.88. The molecule has 212 valence electrons. The Morgan fingerprint density at radius 1 is 0.923 bits per heavy atom. The summed E-state index contributed by atoms with van der Waals surface area (Å²) in [5, 5.41) is 5.66. The van der Waals surface area contributed by atoms with Gasteiger partial charge in [0.15, 0.2) is 0 Å². The molecule has 9 heteroatoms. The fourth-order valence-corrected chi connectivity index (χ4v) is 4.24. The van der Waals surface area contributed by atoms with E-state index in [0.717, 1.165) is 11.8 Å². The van der Waals surface area contributed by atoms with Gasteiger partial charge in [-0.25, -0.2) is 0 Å². The van der Waals surface area contributed by atoms with Crippen LogP contribution >= 0.6 is 0 Å². The predicted molar refractivity (Wildman–Crippen MR) is 151 cm³/mol. The molecular formula is C30H42N4O5. The van der Waals surface area contributed by atoms with Crippen LogP contribution in [0.2, 0.25) is 0 Å². The van der Waals surface area contributed by atoms with Crippen LogP contribution in [0.4, 0.5) is 0 Å². The number of nitrogens with zero attached hydrogens (tertiary/aromatic N) is 1. The minimum absolute atomic E-state index is 0.105. The lowest BCUT2D eigenvalue weighted by Crippen LogP contribution is -2.61. The predicted octanol–water partition coefficient (Wildman–Crippen LogP) is 2.58. The molecule has 0 saturated heterocycles. The highest BCUT2D eigenvalue weighted by atomic mass is 16.5. The molecule has 0 aromatic heterocycles. The van der Waals surface area contributed by atoms with Crippen LogP contribution < -0.4 is 21.1 Å². The van der Waals surface area contributed by atoms with Crippen molar-refractivity contribution in [2.75, 3.05) is 14.1 Å². The van der Waals surface area contributed by atoms with E-state index in [0.29, 0.717) is 24.2 Å². The molecule has 4 atom stereocenters. The summed E-state index contributed by atoms with van der Waals surface area (Å²) < 4.78 is 6.22. The van der Waals surface area contributed by atoms with Crippen molar-refractivity contribution in [3.05, 3.63) is 65.7 Å². The summed E-state index contributed by atoms with van der Waals surface area (Å²) in [4.78, 5) is 52.3. The monoisotopic (exact) mass is 538 g/mol. The molecular weight excluding hydrogens is 496 g/mol. The molecule has 9 nitrogen and oxygen atoms in total. The summed E-state index contributed by atoms with van der Waals surface area (Å²) in [5.41, 5.74) is 7.05. The lowest BCUT2D eigenvalue weighted by Gasteiger charge is -2.33. The van der Waals surface area contributed by atoms with E-state index in [4.69, 9.17) is 10.5 Å². The molecule has 39 heavy (non-hydrogen) atoms. The lowest BCUT2D eigenvalue weighted by molar-refractivity contribution is -0.136. The first kappa shape index (κ1) is 31.5. The smallest absolute Gasteiger partial charge is 0.247 e. The highest BCUT2D eigenvalue weighted by molar-refractivity contribution is 5.93. The van der Waals surface area contributed by atoms with Crippen LogP contribution in [0, 0.1) is 11.8 Å². The number of ether oxygens (including phenoxy) is 1. The fourth-order valence-electron chi connectivity index (χ4n) is 4.24. The molecule has 1 unspecified atom stereocenters. The van der Waals surface area contributed by atoms with Crippen LogP contribution in [0.1, 0.15) is 50.0 Å². The summed E-state index contributed by atoms with van der Waals surface area (Å²) in [6, 6.07) is 13.5. The molecule has 2 aromatic rings. The maximum absolute atomic E-state index is 13.7. The lowest BCUT2D eigenvalue weighted by atomic mass is 9.96. The van der Waals surface area contributed by atoms with Crippen molar-refractivity contribution in [1.82, 2.24) is 15.5 Å². The number of primary amides is 1. The number of nitrogens with two attached hydrogens (primary N) is 1. The highest BCUT2D eigenvalue weighted by Crippen LogP contribution is 2.20. The number of carbonyl (C=O) groups is 4. The second-order valence-corrected chi connectivity index (χ2v) is 10.8. The van der Waals surface area contributed by atoms with Crippen LogP contribution in [0.15, 0.2) is 54.6 Å². The molecule has 0 fully saturated rings. The average molecular weight is 539 g/mol. The van der Waals surface area contributed by atoms with Crippen LogP contribution in [-0.2, 0) is 20.8 Å². The van der Waals surface area contributed by atoms with E-state index >= 15 is 0 Å². The molecule has 0 aliphatic heterocycles. The summed E-state index contributed by atoms with van der Waals surface area (Å²) in [7, 11) is 3.61. The summed E-state index contributed by atoms with van der Waals surface area (Å²) in [6.07, 6.45) is 0.734.